The molecule has 0 saturated carbocycles. The Morgan fingerprint density at radius 1 is 0.929 bits per heavy atom. The van der Waals surface area contributed by atoms with Crippen LogP contribution in [-0.2, 0) is 0 Å². The Kier molecular flexibility index (Phi) is 4.93. The number of rotatable bonds is 3. The van der Waals surface area contributed by atoms with E-state index in [0.717, 1.165) is 12.8 Å². The lowest BCUT2D eigenvalue weighted by molar-refractivity contribution is 0.0705. The number of carbonyl (C=O) groups is 1. The maximum atomic E-state index is 12.9. The second-order valence-corrected chi connectivity index (χ2v) is 6.96. The van der Waals surface area contributed by atoms with Crippen LogP contribution in [0.25, 0.3) is 5.69 Å². The molecule has 0 radical (unpaired) electrons. The van der Waals surface area contributed by atoms with Crippen molar-refractivity contribution in [3.8, 4) is 11.4 Å². The highest BCUT2D eigenvalue weighted by Crippen LogP contribution is 2.29. The summed E-state index contributed by atoms with van der Waals surface area (Å²) in [6.07, 6.45) is 1.71. The summed E-state index contributed by atoms with van der Waals surface area (Å²) >= 11 is 0. The maximum absolute atomic E-state index is 12.9. The minimum Gasteiger partial charge on any atom is -0.508 e. The Labute approximate surface area is 162 Å². The van der Waals surface area contributed by atoms with Crippen LogP contribution in [0.1, 0.15) is 34.8 Å². The summed E-state index contributed by atoms with van der Waals surface area (Å²) in [5, 5.41) is 13.7. The Hall–Kier alpha value is -3.41. The number of benzene rings is 2. The molecule has 6 heteroatoms. The number of aromatic hydroxyl groups is 1. The first-order valence-electron chi connectivity index (χ1n) is 9.36. The standard InChI is InChI=1S/C22H21N3O3/c26-19-8-6-16(7-9-19)17-12-14-24(15-13-17)22(28)20-10-11-21(27)25(23-20)18-4-2-1-3-5-18/h1-11,17,26H,12-15H2. The van der Waals surface area contributed by atoms with Crippen LogP contribution >= 0.6 is 0 Å². The molecule has 0 unspecified atom stereocenters. The molecular formula is C22H21N3O3. The highest BCUT2D eigenvalue weighted by molar-refractivity contribution is 5.92. The molecule has 0 atom stereocenters. The van der Waals surface area contributed by atoms with Gasteiger partial charge in [-0.25, -0.2) is 0 Å². The van der Waals surface area contributed by atoms with Gasteiger partial charge in [0.15, 0.2) is 0 Å². The zero-order chi connectivity index (χ0) is 19.5. The maximum Gasteiger partial charge on any atom is 0.274 e. The zero-order valence-corrected chi connectivity index (χ0v) is 15.4. The first-order chi connectivity index (χ1) is 13.6. The molecule has 4 rings (SSSR count). The van der Waals surface area contributed by atoms with Crippen molar-refractivity contribution in [2.45, 2.75) is 18.8 Å². The van der Waals surface area contributed by atoms with Gasteiger partial charge in [0, 0.05) is 19.2 Å². The average Bonchev–Trinajstić information content (AvgIpc) is 2.75. The lowest BCUT2D eigenvalue weighted by Crippen LogP contribution is -2.39. The van der Waals surface area contributed by atoms with E-state index in [9.17, 15) is 14.7 Å². The number of phenols is 1. The van der Waals surface area contributed by atoms with E-state index in [1.165, 1.54) is 22.4 Å². The number of hydrogen-bond acceptors (Lipinski definition) is 4. The molecule has 1 fully saturated rings. The van der Waals surface area contributed by atoms with Crippen molar-refractivity contribution in [2.75, 3.05) is 13.1 Å². The average molecular weight is 375 g/mol. The SMILES string of the molecule is O=C(c1ccc(=O)n(-c2ccccc2)n1)N1CCC(c2ccc(O)cc2)CC1. The van der Waals surface area contributed by atoms with E-state index >= 15 is 0 Å². The lowest BCUT2D eigenvalue weighted by Gasteiger charge is -2.32. The van der Waals surface area contributed by atoms with Crippen LogP contribution in [0.5, 0.6) is 5.75 Å². The van der Waals surface area contributed by atoms with Crippen LogP contribution < -0.4 is 5.56 Å². The molecule has 1 amide bonds. The van der Waals surface area contributed by atoms with Gasteiger partial charge in [0.25, 0.3) is 11.5 Å². The van der Waals surface area contributed by atoms with Gasteiger partial charge in [-0.3, -0.25) is 9.59 Å². The van der Waals surface area contributed by atoms with Crippen LogP contribution in [0.2, 0.25) is 0 Å². The fourth-order valence-corrected chi connectivity index (χ4v) is 3.60. The van der Waals surface area contributed by atoms with Gasteiger partial charge in [-0.2, -0.15) is 9.78 Å². The van der Waals surface area contributed by atoms with E-state index in [-0.39, 0.29) is 22.9 Å². The van der Waals surface area contributed by atoms with Crippen LogP contribution in [0.4, 0.5) is 0 Å². The molecule has 1 aliphatic rings. The smallest absolute Gasteiger partial charge is 0.274 e. The van der Waals surface area contributed by atoms with E-state index < -0.39 is 0 Å². The van der Waals surface area contributed by atoms with Gasteiger partial charge in [-0.05, 0) is 54.7 Å². The van der Waals surface area contributed by atoms with Crippen molar-refractivity contribution in [1.82, 2.24) is 14.7 Å². The number of para-hydroxylation sites is 1. The zero-order valence-electron chi connectivity index (χ0n) is 15.4. The van der Waals surface area contributed by atoms with E-state index in [1.807, 2.05) is 30.3 Å². The Morgan fingerprint density at radius 2 is 1.61 bits per heavy atom. The van der Waals surface area contributed by atoms with Gasteiger partial charge in [0.1, 0.15) is 11.4 Å². The van der Waals surface area contributed by atoms with Crippen molar-refractivity contribution < 1.29 is 9.90 Å². The Morgan fingerprint density at radius 3 is 2.29 bits per heavy atom. The normalized spacial score (nSPS) is 14.8. The lowest BCUT2D eigenvalue weighted by atomic mass is 9.89. The number of nitrogens with zero attached hydrogens (tertiary/aromatic N) is 3. The molecule has 142 valence electrons. The molecule has 2 heterocycles. The van der Waals surface area contributed by atoms with Crippen molar-refractivity contribution >= 4 is 5.91 Å². The van der Waals surface area contributed by atoms with E-state index in [2.05, 4.69) is 5.10 Å². The molecule has 3 aromatic rings. The van der Waals surface area contributed by atoms with Gasteiger partial charge >= 0.3 is 0 Å². The number of amides is 1. The summed E-state index contributed by atoms with van der Waals surface area (Å²) < 4.78 is 1.26. The molecule has 1 saturated heterocycles. The number of hydrogen-bond donors (Lipinski definition) is 1. The summed E-state index contributed by atoms with van der Waals surface area (Å²) in [4.78, 5) is 26.8. The molecule has 1 N–H and O–H groups in total. The summed E-state index contributed by atoms with van der Waals surface area (Å²) in [6.45, 7) is 1.27. The molecular weight excluding hydrogens is 354 g/mol. The van der Waals surface area contributed by atoms with Crippen LogP contribution in [0.15, 0.2) is 71.5 Å². The third-order valence-corrected chi connectivity index (χ3v) is 5.17. The number of likely N-dealkylation sites (tertiary alicyclic amines) is 1. The van der Waals surface area contributed by atoms with Gasteiger partial charge in [-0.1, -0.05) is 30.3 Å². The fourth-order valence-electron chi connectivity index (χ4n) is 3.60. The number of phenolic OH excluding ortho intramolecular Hbond substituents is 1. The first-order valence-corrected chi connectivity index (χ1v) is 9.36. The quantitative estimate of drug-likeness (QED) is 0.764. The van der Waals surface area contributed by atoms with Gasteiger partial charge in [0.05, 0.1) is 5.69 Å². The molecule has 0 spiro atoms. The van der Waals surface area contributed by atoms with Gasteiger partial charge < -0.3 is 10.0 Å². The van der Waals surface area contributed by atoms with Crippen LogP contribution in [-0.4, -0.2) is 38.8 Å². The highest BCUT2D eigenvalue weighted by atomic mass is 16.3. The number of piperidine rings is 1. The topological polar surface area (TPSA) is 75.4 Å². The highest BCUT2D eigenvalue weighted by Gasteiger charge is 2.25. The third kappa shape index (κ3) is 3.67. The van der Waals surface area contributed by atoms with Gasteiger partial charge in [-0.15, -0.1) is 0 Å². The van der Waals surface area contributed by atoms with E-state index in [4.69, 9.17) is 0 Å². The number of carbonyl (C=O) groups excluding carboxylic acids is 1. The van der Waals surface area contributed by atoms with Gasteiger partial charge in [0.2, 0.25) is 0 Å². The minimum absolute atomic E-state index is 0.158. The summed E-state index contributed by atoms with van der Waals surface area (Å²) in [5.74, 6) is 0.473. The molecule has 0 aliphatic carbocycles. The fraction of sp³-hybridized carbons (Fsp3) is 0.227. The molecule has 2 aromatic carbocycles. The molecule has 0 bridgehead atoms. The van der Waals surface area contributed by atoms with Crippen LogP contribution in [0, 0.1) is 0 Å². The summed E-state index contributed by atoms with van der Waals surface area (Å²) in [5.41, 5.74) is 1.81. The Balaban J connectivity index is 1.48. The second-order valence-electron chi connectivity index (χ2n) is 6.96. The number of aromatic nitrogens is 2. The third-order valence-electron chi connectivity index (χ3n) is 5.17. The summed E-state index contributed by atoms with van der Waals surface area (Å²) in [6, 6.07) is 19.2. The largest absolute Gasteiger partial charge is 0.508 e. The minimum atomic E-state index is -0.270. The predicted molar refractivity (Wildman–Crippen MR) is 106 cm³/mol. The van der Waals surface area contributed by atoms with Crippen LogP contribution in [0.3, 0.4) is 0 Å². The first kappa shape index (κ1) is 18.0. The van der Waals surface area contributed by atoms with Crippen molar-refractivity contribution in [3.05, 3.63) is 88.3 Å². The van der Waals surface area contributed by atoms with Crippen molar-refractivity contribution in [2.24, 2.45) is 0 Å². The van der Waals surface area contributed by atoms with Crippen molar-refractivity contribution in [3.63, 3.8) is 0 Å². The van der Waals surface area contributed by atoms with Crippen molar-refractivity contribution in [1.29, 1.82) is 0 Å². The monoisotopic (exact) mass is 375 g/mol. The molecule has 1 aliphatic heterocycles. The predicted octanol–water partition coefficient (Wildman–Crippen LogP) is 2.96. The molecule has 6 nitrogen and oxygen atoms in total. The second kappa shape index (κ2) is 7.68. The molecule has 1 aromatic heterocycles. The Bertz CT molecular complexity index is 1020. The van der Waals surface area contributed by atoms with E-state index in [0.29, 0.717) is 24.7 Å². The molecule has 28 heavy (non-hydrogen) atoms. The summed E-state index contributed by atoms with van der Waals surface area (Å²) in [7, 11) is 0. The van der Waals surface area contributed by atoms with E-state index in [1.54, 1.807) is 29.2 Å².